The molecule has 1 saturated carbocycles. The van der Waals surface area contributed by atoms with Crippen molar-refractivity contribution in [1.82, 2.24) is 30.0 Å². The highest BCUT2D eigenvalue weighted by atomic mass is 35.5. The van der Waals surface area contributed by atoms with Gasteiger partial charge in [0.05, 0.1) is 42.5 Å². The van der Waals surface area contributed by atoms with Gasteiger partial charge >= 0.3 is 0 Å². The van der Waals surface area contributed by atoms with Gasteiger partial charge in [-0.15, -0.1) is 0 Å². The zero-order chi connectivity index (χ0) is 44.0. The third kappa shape index (κ3) is 9.28. The van der Waals surface area contributed by atoms with Gasteiger partial charge < -0.3 is 29.7 Å². The van der Waals surface area contributed by atoms with Crippen molar-refractivity contribution in [2.45, 2.75) is 56.4 Å². The molecule has 4 aliphatic rings. The second-order valence-corrected chi connectivity index (χ2v) is 21.1. The summed E-state index contributed by atoms with van der Waals surface area (Å²) in [4.78, 5) is 40.3. The van der Waals surface area contributed by atoms with Gasteiger partial charge in [-0.2, -0.15) is 10.1 Å². The van der Waals surface area contributed by atoms with Crippen molar-refractivity contribution in [3.63, 3.8) is 0 Å². The Balaban J connectivity index is 0.883. The number of nitrogens with zero attached hydrogens (tertiary/aromatic N) is 7. The van der Waals surface area contributed by atoms with Crippen molar-refractivity contribution in [2.24, 2.45) is 7.05 Å². The standard InChI is InChI=1S/C46H53ClFN10O4P/c1-55-27-31(25-50-55)34-23-38(52-46-49-26-35(47)44(54-46)51-37-10-7-29(28-5-6-28)22-42(37)63(3,4)61)41(62-2)24-40(34)57-15-13-32(14-16-57)56-17-19-58(20-18-56)39-11-8-30(21-36(39)48)33-9-12-43(59)53-45(33)60/h7-8,10-11,21-28,32-33H,5-6,9,12-20H2,1-4H3,(H,53,59,60)(H2,49,51,52,54). The van der Waals surface area contributed by atoms with Gasteiger partial charge in [-0.3, -0.25) is 24.5 Å². The molecule has 3 aliphatic heterocycles. The van der Waals surface area contributed by atoms with Crippen LogP contribution in [0.5, 0.6) is 5.75 Å². The minimum absolute atomic E-state index is 0.258. The quantitative estimate of drug-likeness (QED) is 0.0837. The van der Waals surface area contributed by atoms with Crippen molar-refractivity contribution in [3.05, 3.63) is 89.1 Å². The minimum Gasteiger partial charge on any atom is -0.494 e. The van der Waals surface area contributed by atoms with Gasteiger partial charge in [0.15, 0.2) is 5.82 Å². The number of nitrogens with one attached hydrogen (secondary N) is 3. The molecule has 1 unspecified atom stereocenters. The number of carbonyl (C=O) groups excluding carboxylic acids is 2. The fourth-order valence-corrected chi connectivity index (χ4v) is 10.5. The van der Waals surface area contributed by atoms with Crippen LogP contribution < -0.4 is 35.8 Å². The number of hydrogen-bond acceptors (Lipinski definition) is 12. The van der Waals surface area contributed by atoms with E-state index < -0.39 is 13.1 Å². The predicted molar refractivity (Wildman–Crippen MR) is 247 cm³/mol. The second kappa shape index (κ2) is 17.6. The molecule has 0 spiro atoms. The molecule has 0 bridgehead atoms. The van der Waals surface area contributed by atoms with E-state index in [0.29, 0.717) is 76.6 Å². The van der Waals surface area contributed by atoms with Gasteiger partial charge in [0, 0.05) is 93.2 Å². The van der Waals surface area contributed by atoms with Crippen LogP contribution in [0.4, 0.5) is 38.9 Å². The number of piperidine rings is 2. The molecule has 63 heavy (non-hydrogen) atoms. The minimum atomic E-state index is -2.63. The maximum Gasteiger partial charge on any atom is 0.234 e. The van der Waals surface area contributed by atoms with E-state index in [1.165, 1.54) is 11.6 Å². The summed E-state index contributed by atoms with van der Waals surface area (Å²) in [6.45, 7) is 8.29. The molecule has 0 radical (unpaired) electrons. The summed E-state index contributed by atoms with van der Waals surface area (Å²) in [7, 11) is 0.920. The smallest absolute Gasteiger partial charge is 0.234 e. The molecule has 3 aromatic carbocycles. The van der Waals surface area contributed by atoms with Crippen LogP contribution in [0.2, 0.25) is 5.02 Å². The Morgan fingerprint density at radius 2 is 1.60 bits per heavy atom. The van der Waals surface area contributed by atoms with Crippen LogP contribution in [-0.4, -0.2) is 102 Å². The van der Waals surface area contributed by atoms with E-state index in [9.17, 15) is 14.2 Å². The highest BCUT2D eigenvalue weighted by Gasteiger charge is 2.32. The van der Waals surface area contributed by atoms with E-state index in [-0.39, 0.29) is 24.1 Å². The zero-order valence-electron chi connectivity index (χ0n) is 36.0. The molecule has 5 aromatic rings. The number of piperazine rings is 1. The first-order valence-electron chi connectivity index (χ1n) is 21.7. The SMILES string of the molecule is COc1cc(N2CCC(N3CCN(c4ccc(C5CCC(=O)NC5=O)cc4F)CC3)CC2)c(-c2cnn(C)c2)cc1Nc1ncc(Cl)c(Nc2ccc(C3CC3)cc2P(C)(C)=O)n1. The molecular formula is C46H53ClFN10O4P. The number of aryl methyl sites for hydroxylation is 1. The number of hydrogen-bond donors (Lipinski definition) is 3. The molecule has 5 heterocycles. The number of amides is 2. The van der Waals surface area contributed by atoms with Gasteiger partial charge in [-0.05, 0) is 92.8 Å². The number of carbonyl (C=O) groups is 2. The van der Waals surface area contributed by atoms with Crippen molar-refractivity contribution >= 4 is 70.4 Å². The molecule has 1 atom stereocenters. The normalized spacial score (nSPS) is 19.0. The van der Waals surface area contributed by atoms with Crippen LogP contribution in [0.15, 0.2) is 67.1 Å². The van der Waals surface area contributed by atoms with Crippen LogP contribution in [0, 0.1) is 5.82 Å². The van der Waals surface area contributed by atoms with Gasteiger partial charge in [0.1, 0.15) is 23.7 Å². The van der Waals surface area contributed by atoms with Crippen LogP contribution in [0.1, 0.15) is 61.5 Å². The van der Waals surface area contributed by atoms with E-state index in [1.807, 2.05) is 31.6 Å². The average molecular weight is 895 g/mol. The Labute approximate surface area is 371 Å². The summed E-state index contributed by atoms with van der Waals surface area (Å²) < 4.78 is 36.7. The van der Waals surface area contributed by atoms with Crippen molar-refractivity contribution in [3.8, 4) is 16.9 Å². The monoisotopic (exact) mass is 894 g/mol. The lowest BCUT2D eigenvalue weighted by atomic mass is 9.90. The largest absolute Gasteiger partial charge is 0.494 e. The summed E-state index contributed by atoms with van der Waals surface area (Å²) in [5.41, 5.74) is 6.72. The number of anilines is 6. The van der Waals surface area contributed by atoms with E-state index in [4.69, 9.17) is 21.3 Å². The van der Waals surface area contributed by atoms with Crippen LogP contribution in [0.25, 0.3) is 11.1 Å². The number of imide groups is 1. The van der Waals surface area contributed by atoms with Crippen LogP contribution >= 0.6 is 18.7 Å². The van der Waals surface area contributed by atoms with Crippen molar-refractivity contribution in [1.29, 1.82) is 0 Å². The lowest BCUT2D eigenvalue weighted by molar-refractivity contribution is -0.134. The molecule has 9 rings (SSSR count). The Hall–Kier alpha value is -5.50. The first kappa shape index (κ1) is 42.8. The molecule has 17 heteroatoms. The molecular weight excluding hydrogens is 842 g/mol. The molecule has 3 N–H and O–H groups in total. The lowest BCUT2D eigenvalue weighted by Gasteiger charge is -2.44. The number of halogens is 2. The molecule has 2 aromatic heterocycles. The number of benzene rings is 3. The fourth-order valence-electron chi connectivity index (χ4n) is 9.23. The van der Waals surface area contributed by atoms with Crippen molar-refractivity contribution < 1.29 is 23.3 Å². The fraction of sp³-hybridized carbons (Fsp3) is 0.413. The molecule has 4 fully saturated rings. The predicted octanol–water partition coefficient (Wildman–Crippen LogP) is 7.60. The number of aromatic nitrogens is 4. The Kier molecular flexibility index (Phi) is 11.9. The van der Waals surface area contributed by atoms with Gasteiger partial charge in [-0.25, -0.2) is 9.37 Å². The first-order valence-corrected chi connectivity index (χ1v) is 24.6. The Morgan fingerprint density at radius 3 is 2.27 bits per heavy atom. The highest BCUT2D eigenvalue weighted by molar-refractivity contribution is 7.70. The van der Waals surface area contributed by atoms with E-state index >= 15 is 4.39 Å². The maximum absolute atomic E-state index is 15.5. The molecule has 330 valence electrons. The lowest BCUT2D eigenvalue weighted by Crippen LogP contribution is -2.53. The Morgan fingerprint density at radius 1 is 0.857 bits per heavy atom. The molecule has 3 saturated heterocycles. The number of methoxy groups -OCH3 is 1. The summed E-state index contributed by atoms with van der Waals surface area (Å²) >= 11 is 6.65. The maximum atomic E-state index is 15.5. The van der Waals surface area contributed by atoms with Gasteiger partial charge in [0.25, 0.3) is 0 Å². The summed E-state index contributed by atoms with van der Waals surface area (Å²) in [5, 5.41) is 14.7. The summed E-state index contributed by atoms with van der Waals surface area (Å²) in [5.74, 6) is 0.360. The molecule has 2 amide bonds. The first-order chi connectivity index (χ1) is 30.3. The van der Waals surface area contributed by atoms with Gasteiger partial charge in [0.2, 0.25) is 17.8 Å². The van der Waals surface area contributed by atoms with Crippen LogP contribution in [-0.2, 0) is 21.2 Å². The topological polar surface area (TPSA) is 150 Å². The highest BCUT2D eigenvalue weighted by Crippen LogP contribution is 2.45. The summed E-state index contributed by atoms with van der Waals surface area (Å²) in [6, 6.07) is 15.7. The van der Waals surface area contributed by atoms with Crippen molar-refractivity contribution in [2.75, 3.05) is 80.1 Å². The molecule has 14 nitrogen and oxygen atoms in total. The molecule has 1 aliphatic carbocycles. The average Bonchev–Trinajstić information content (AvgIpc) is 4.03. The number of rotatable bonds is 12. The summed E-state index contributed by atoms with van der Waals surface area (Å²) in [6.07, 6.45) is 10.3. The van der Waals surface area contributed by atoms with E-state index in [0.717, 1.165) is 74.0 Å². The van der Waals surface area contributed by atoms with Crippen LogP contribution in [0.3, 0.4) is 0 Å². The zero-order valence-corrected chi connectivity index (χ0v) is 37.7. The third-order valence-electron chi connectivity index (χ3n) is 12.8. The second-order valence-electron chi connectivity index (χ2n) is 17.5. The van der Waals surface area contributed by atoms with E-state index in [1.54, 1.807) is 37.4 Å². The number of ether oxygens (including phenoxy) is 1. The third-order valence-corrected chi connectivity index (χ3v) is 14.6. The van der Waals surface area contributed by atoms with E-state index in [2.05, 4.69) is 65.0 Å². The Bertz CT molecular complexity index is 2600. The van der Waals surface area contributed by atoms with Gasteiger partial charge in [-0.1, -0.05) is 23.7 Å².